The van der Waals surface area contributed by atoms with Crippen LogP contribution in [0.2, 0.25) is 0 Å². The van der Waals surface area contributed by atoms with E-state index in [9.17, 15) is 9.90 Å². The highest BCUT2D eigenvalue weighted by Crippen LogP contribution is 2.33. The Balaban J connectivity index is 2.31. The van der Waals surface area contributed by atoms with Gasteiger partial charge < -0.3 is 14.6 Å². The maximum absolute atomic E-state index is 12.5. The summed E-state index contributed by atoms with van der Waals surface area (Å²) in [6.07, 6.45) is -0.279. The van der Waals surface area contributed by atoms with Crippen LogP contribution in [0, 0.1) is 5.92 Å². The van der Waals surface area contributed by atoms with Crippen molar-refractivity contribution in [2.75, 3.05) is 0 Å². The highest BCUT2D eigenvalue weighted by Gasteiger charge is 2.34. The maximum Gasteiger partial charge on any atom is 0.312 e. The molecule has 2 rings (SSSR count). The Labute approximate surface area is 132 Å². The van der Waals surface area contributed by atoms with E-state index < -0.39 is 12.0 Å². The molecule has 0 saturated carbocycles. The number of rotatable bonds is 3. The van der Waals surface area contributed by atoms with Crippen LogP contribution < -0.4 is 0 Å². The van der Waals surface area contributed by atoms with Crippen LogP contribution >= 0.6 is 0 Å². The molecule has 0 fully saturated rings. The molecule has 0 saturated heterocycles. The van der Waals surface area contributed by atoms with Gasteiger partial charge in [0.15, 0.2) is 0 Å². The van der Waals surface area contributed by atoms with E-state index in [-0.39, 0.29) is 24.3 Å². The van der Waals surface area contributed by atoms with Crippen LogP contribution in [0.25, 0.3) is 0 Å². The number of carbonyl (C=O) groups excluding carboxylic acids is 1. The summed E-state index contributed by atoms with van der Waals surface area (Å²) in [6.45, 7) is 7.65. The summed E-state index contributed by atoms with van der Waals surface area (Å²) in [4.78, 5) is 12.5. The van der Waals surface area contributed by atoms with Gasteiger partial charge in [-0.05, 0) is 44.7 Å². The molecule has 0 unspecified atom stereocenters. The third kappa shape index (κ3) is 3.68. The van der Waals surface area contributed by atoms with Crippen LogP contribution in [0.15, 0.2) is 24.3 Å². The van der Waals surface area contributed by atoms with E-state index in [0.717, 1.165) is 11.1 Å². The lowest BCUT2D eigenvalue weighted by atomic mass is 9.95. The maximum atomic E-state index is 12.5. The predicted octanol–water partition coefficient (Wildman–Crippen LogP) is 3.55. The summed E-state index contributed by atoms with van der Waals surface area (Å²) < 4.78 is 11.7. The Morgan fingerprint density at radius 3 is 2.32 bits per heavy atom. The minimum absolute atomic E-state index is 0.121. The van der Waals surface area contributed by atoms with Gasteiger partial charge in [-0.25, -0.2) is 0 Å². The second-order valence-corrected chi connectivity index (χ2v) is 6.10. The number of benzene rings is 1. The second kappa shape index (κ2) is 7.25. The highest BCUT2D eigenvalue weighted by atomic mass is 16.6. The van der Waals surface area contributed by atoms with Gasteiger partial charge in [-0.2, -0.15) is 0 Å². The third-order valence-electron chi connectivity index (χ3n) is 4.45. The molecule has 0 bridgehead atoms. The van der Waals surface area contributed by atoms with Gasteiger partial charge in [0.25, 0.3) is 0 Å². The first-order valence-electron chi connectivity index (χ1n) is 8.06. The zero-order chi connectivity index (χ0) is 16.3. The lowest BCUT2D eigenvalue weighted by Crippen LogP contribution is -2.33. The molecule has 122 valence electrons. The number of ether oxygens (including phenoxy) is 2. The Bertz CT molecular complexity index is 514. The summed E-state index contributed by atoms with van der Waals surface area (Å²) in [7, 11) is 0. The molecule has 0 aliphatic carbocycles. The summed E-state index contributed by atoms with van der Waals surface area (Å²) in [5, 5.41) is 9.92. The monoisotopic (exact) mass is 306 g/mol. The Morgan fingerprint density at radius 2 is 1.73 bits per heavy atom. The van der Waals surface area contributed by atoms with Gasteiger partial charge in [0.1, 0.15) is 6.10 Å². The smallest absolute Gasteiger partial charge is 0.312 e. The van der Waals surface area contributed by atoms with Crippen LogP contribution in [0.4, 0.5) is 0 Å². The van der Waals surface area contributed by atoms with Crippen LogP contribution in [0.1, 0.15) is 63.9 Å². The first kappa shape index (κ1) is 17.0. The quantitative estimate of drug-likeness (QED) is 0.868. The topological polar surface area (TPSA) is 55.8 Å². The zero-order valence-corrected chi connectivity index (χ0v) is 13.8. The molecular weight excluding hydrogens is 280 g/mol. The lowest BCUT2D eigenvalue weighted by Gasteiger charge is -2.26. The fraction of sp³-hybridized carbons (Fsp3) is 0.611. The molecule has 5 atom stereocenters. The largest absolute Gasteiger partial charge is 0.457 e. The lowest BCUT2D eigenvalue weighted by molar-refractivity contribution is -0.161. The number of cyclic esters (lactones) is 1. The van der Waals surface area contributed by atoms with E-state index in [4.69, 9.17) is 9.47 Å². The number of fused-ring (bicyclic) bond motifs is 1. The summed E-state index contributed by atoms with van der Waals surface area (Å²) in [5.74, 6) is -0.745. The molecule has 22 heavy (non-hydrogen) atoms. The Morgan fingerprint density at radius 1 is 1.14 bits per heavy atom. The summed E-state index contributed by atoms with van der Waals surface area (Å²) in [5.41, 5.74) is 2.03. The van der Waals surface area contributed by atoms with Gasteiger partial charge in [-0.1, -0.05) is 31.2 Å². The van der Waals surface area contributed by atoms with Crippen molar-refractivity contribution in [1.82, 2.24) is 0 Å². The molecule has 1 aliphatic heterocycles. The van der Waals surface area contributed by atoms with Gasteiger partial charge >= 0.3 is 5.97 Å². The van der Waals surface area contributed by atoms with E-state index in [2.05, 4.69) is 0 Å². The van der Waals surface area contributed by atoms with Crippen molar-refractivity contribution in [2.45, 2.75) is 65.0 Å². The molecule has 1 aromatic rings. The number of hydrogen-bond donors (Lipinski definition) is 1. The van der Waals surface area contributed by atoms with Crippen molar-refractivity contribution in [2.24, 2.45) is 5.92 Å². The molecule has 1 heterocycles. The molecule has 0 radical (unpaired) electrons. The van der Waals surface area contributed by atoms with E-state index in [0.29, 0.717) is 12.8 Å². The van der Waals surface area contributed by atoms with Crippen LogP contribution in [0.5, 0.6) is 0 Å². The minimum Gasteiger partial charge on any atom is -0.457 e. The fourth-order valence-electron chi connectivity index (χ4n) is 3.01. The van der Waals surface area contributed by atoms with Crippen LogP contribution in [0.3, 0.4) is 0 Å². The molecule has 0 spiro atoms. The second-order valence-electron chi connectivity index (χ2n) is 6.10. The first-order valence-corrected chi connectivity index (χ1v) is 8.06. The van der Waals surface area contributed by atoms with Crippen LogP contribution in [-0.2, 0) is 14.3 Å². The molecule has 1 aromatic carbocycles. The van der Waals surface area contributed by atoms with E-state index in [1.807, 2.05) is 52.0 Å². The normalized spacial score (nSPS) is 30.5. The summed E-state index contributed by atoms with van der Waals surface area (Å²) in [6, 6.07) is 7.89. The van der Waals surface area contributed by atoms with E-state index >= 15 is 0 Å². The van der Waals surface area contributed by atoms with Crippen LogP contribution in [-0.4, -0.2) is 23.3 Å². The van der Waals surface area contributed by atoms with E-state index in [1.165, 1.54) is 0 Å². The molecule has 0 aromatic heterocycles. The van der Waals surface area contributed by atoms with Crippen molar-refractivity contribution in [3.63, 3.8) is 0 Å². The molecule has 4 heteroatoms. The van der Waals surface area contributed by atoms with Gasteiger partial charge in [-0.15, -0.1) is 0 Å². The molecule has 4 nitrogen and oxygen atoms in total. The zero-order valence-electron chi connectivity index (χ0n) is 13.8. The van der Waals surface area contributed by atoms with Crippen molar-refractivity contribution in [3.8, 4) is 0 Å². The number of aliphatic hydroxyl groups excluding tert-OH is 1. The third-order valence-corrected chi connectivity index (χ3v) is 4.45. The fourth-order valence-corrected chi connectivity index (χ4v) is 3.01. The van der Waals surface area contributed by atoms with E-state index in [1.54, 1.807) is 0 Å². The average molecular weight is 306 g/mol. The number of carbonyl (C=O) groups is 1. The van der Waals surface area contributed by atoms with Gasteiger partial charge in [0, 0.05) is 0 Å². The first-order chi connectivity index (χ1) is 10.4. The molecular formula is C18H26O4. The van der Waals surface area contributed by atoms with Crippen molar-refractivity contribution in [1.29, 1.82) is 0 Å². The Hall–Kier alpha value is -1.39. The minimum atomic E-state index is -0.516. The van der Waals surface area contributed by atoms with Crippen molar-refractivity contribution in [3.05, 3.63) is 35.4 Å². The Kier molecular flexibility index (Phi) is 5.59. The van der Waals surface area contributed by atoms with Gasteiger partial charge in [0.05, 0.1) is 24.2 Å². The predicted molar refractivity (Wildman–Crippen MR) is 84.3 cm³/mol. The number of esters is 1. The van der Waals surface area contributed by atoms with Crippen molar-refractivity contribution >= 4 is 5.97 Å². The molecule has 1 N–H and O–H groups in total. The summed E-state index contributed by atoms with van der Waals surface area (Å²) >= 11 is 0. The number of hydrogen-bond acceptors (Lipinski definition) is 4. The van der Waals surface area contributed by atoms with Gasteiger partial charge in [0.2, 0.25) is 0 Å². The van der Waals surface area contributed by atoms with Crippen molar-refractivity contribution < 1.29 is 19.4 Å². The standard InChI is InChI=1S/C18H26O4/c1-5-14(19)10-17-13(4)21-11(2)15-8-6-7-9-16(15)12(3)22-18(17)20/h6-9,11-14,17,19H,5,10H2,1-4H3/t11-,12+,13-,14-,17+/m1/s1. The molecule has 0 amide bonds. The number of aliphatic hydroxyl groups is 1. The average Bonchev–Trinajstić information content (AvgIpc) is 2.53. The van der Waals surface area contributed by atoms with Gasteiger partial charge in [-0.3, -0.25) is 4.79 Å². The highest BCUT2D eigenvalue weighted by molar-refractivity contribution is 5.73. The SMILES string of the molecule is CC[C@@H](O)C[C@@H]1C(=O)O[C@@H](C)c2ccccc2[C@@H](C)O[C@@H]1C. The molecule has 1 aliphatic rings.